The van der Waals surface area contributed by atoms with Gasteiger partial charge in [-0.1, -0.05) is 0 Å². The van der Waals surface area contributed by atoms with E-state index in [0.29, 0.717) is 6.61 Å². The summed E-state index contributed by atoms with van der Waals surface area (Å²) in [6.45, 7) is 5.38. The Kier molecular flexibility index (Phi) is 4.21. The summed E-state index contributed by atoms with van der Waals surface area (Å²) in [7, 11) is 0. The van der Waals surface area contributed by atoms with Crippen molar-refractivity contribution in [2.24, 2.45) is 5.41 Å². The maximum atomic E-state index is 14.3. The number of fused-ring (bicyclic) bond motifs is 1. The maximum Gasteiger partial charge on any atom is 0.414 e. The number of nitrogens with one attached hydrogen (secondary N) is 1. The van der Waals surface area contributed by atoms with E-state index in [1.807, 2.05) is 0 Å². The molecule has 7 heteroatoms. The normalized spacial score (nSPS) is 20.4. The number of benzene rings is 1. The summed E-state index contributed by atoms with van der Waals surface area (Å²) in [4.78, 5) is 24.0. The standard InChI is InChI=1S/C18H21F2NO4/c1-17(2,3)25-16(23)21-14(22)8-11-15-12(20)6-10(19)7-13(15)24-9-18(11)4-5-18/h6-7,11H,4-5,8-9H2,1-3H3,(H,21,22,23). The second-order valence-electron chi connectivity index (χ2n) is 7.76. The molecule has 0 radical (unpaired) electrons. The van der Waals surface area contributed by atoms with Crippen molar-refractivity contribution >= 4 is 12.0 Å². The molecule has 2 amide bonds. The number of halogens is 2. The van der Waals surface area contributed by atoms with Crippen molar-refractivity contribution < 1.29 is 27.8 Å². The summed E-state index contributed by atoms with van der Waals surface area (Å²) >= 11 is 0. The number of carbonyl (C=O) groups is 2. The molecular weight excluding hydrogens is 332 g/mol. The Balaban J connectivity index is 1.78. The topological polar surface area (TPSA) is 64.6 Å². The molecule has 0 aromatic heterocycles. The Morgan fingerprint density at radius 1 is 1.32 bits per heavy atom. The molecule has 0 bridgehead atoms. The van der Waals surface area contributed by atoms with Crippen LogP contribution in [0.4, 0.5) is 13.6 Å². The molecule has 1 heterocycles. The van der Waals surface area contributed by atoms with Gasteiger partial charge in [-0.05, 0) is 33.6 Å². The first-order chi connectivity index (χ1) is 11.6. The zero-order valence-electron chi connectivity index (χ0n) is 14.4. The molecule has 136 valence electrons. The number of rotatable bonds is 2. The first kappa shape index (κ1) is 17.6. The third-order valence-corrected chi connectivity index (χ3v) is 4.58. The van der Waals surface area contributed by atoms with Gasteiger partial charge in [-0.2, -0.15) is 0 Å². The van der Waals surface area contributed by atoms with E-state index < -0.39 is 35.2 Å². The van der Waals surface area contributed by atoms with Crippen LogP contribution < -0.4 is 10.1 Å². The smallest absolute Gasteiger partial charge is 0.414 e. The largest absolute Gasteiger partial charge is 0.492 e. The summed E-state index contributed by atoms with van der Waals surface area (Å²) < 4.78 is 38.3. The Bertz CT molecular complexity index is 723. The Morgan fingerprint density at radius 3 is 2.60 bits per heavy atom. The van der Waals surface area contributed by atoms with Crippen molar-refractivity contribution in [3.8, 4) is 5.75 Å². The second kappa shape index (κ2) is 5.97. The Hall–Kier alpha value is -2.18. The monoisotopic (exact) mass is 353 g/mol. The molecule has 25 heavy (non-hydrogen) atoms. The molecule has 1 aliphatic carbocycles. The van der Waals surface area contributed by atoms with E-state index in [0.717, 1.165) is 25.0 Å². The summed E-state index contributed by atoms with van der Waals surface area (Å²) in [6.07, 6.45) is 0.675. The van der Waals surface area contributed by atoms with Crippen LogP contribution in [0, 0.1) is 17.0 Å². The van der Waals surface area contributed by atoms with Gasteiger partial charge in [0.2, 0.25) is 5.91 Å². The number of hydrogen-bond acceptors (Lipinski definition) is 4. The molecule has 5 nitrogen and oxygen atoms in total. The Labute approximate surface area is 144 Å². The fourth-order valence-electron chi connectivity index (χ4n) is 3.27. The third-order valence-electron chi connectivity index (χ3n) is 4.58. The molecule has 1 aliphatic heterocycles. The SMILES string of the molecule is CC(C)(C)OC(=O)NC(=O)CC1c2c(F)cc(F)cc2OCC12CC2. The highest BCUT2D eigenvalue weighted by Gasteiger charge is 2.55. The number of ether oxygens (including phenoxy) is 2. The van der Waals surface area contributed by atoms with Gasteiger partial charge in [0.1, 0.15) is 23.0 Å². The van der Waals surface area contributed by atoms with Crippen LogP contribution in [-0.2, 0) is 9.53 Å². The van der Waals surface area contributed by atoms with Crippen LogP contribution in [0.15, 0.2) is 12.1 Å². The number of amides is 2. The molecule has 1 unspecified atom stereocenters. The van der Waals surface area contributed by atoms with Gasteiger partial charge in [-0.15, -0.1) is 0 Å². The molecule has 1 aromatic rings. The molecule has 1 N–H and O–H groups in total. The highest BCUT2D eigenvalue weighted by Crippen LogP contribution is 2.61. The summed E-state index contributed by atoms with van der Waals surface area (Å²) in [5.41, 5.74) is -0.835. The van der Waals surface area contributed by atoms with Crippen LogP contribution >= 0.6 is 0 Å². The summed E-state index contributed by atoms with van der Waals surface area (Å²) in [5, 5.41) is 2.17. The predicted molar refractivity (Wildman–Crippen MR) is 85.3 cm³/mol. The van der Waals surface area contributed by atoms with E-state index in [2.05, 4.69) is 5.32 Å². The van der Waals surface area contributed by atoms with Crippen molar-refractivity contribution in [3.05, 3.63) is 29.3 Å². The molecule has 1 atom stereocenters. The number of alkyl carbamates (subject to hydrolysis) is 1. The van der Waals surface area contributed by atoms with Crippen LogP contribution in [-0.4, -0.2) is 24.2 Å². The average molecular weight is 353 g/mol. The zero-order valence-corrected chi connectivity index (χ0v) is 14.4. The van der Waals surface area contributed by atoms with Gasteiger partial charge in [-0.25, -0.2) is 13.6 Å². The highest BCUT2D eigenvalue weighted by molar-refractivity contribution is 5.92. The van der Waals surface area contributed by atoms with Crippen LogP contribution in [0.3, 0.4) is 0 Å². The average Bonchev–Trinajstić information content (AvgIpc) is 3.20. The van der Waals surface area contributed by atoms with Crippen LogP contribution in [0.5, 0.6) is 5.75 Å². The van der Waals surface area contributed by atoms with E-state index in [1.54, 1.807) is 20.8 Å². The van der Waals surface area contributed by atoms with Gasteiger partial charge in [0.25, 0.3) is 0 Å². The fourth-order valence-corrected chi connectivity index (χ4v) is 3.27. The quantitative estimate of drug-likeness (QED) is 0.881. The van der Waals surface area contributed by atoms with E-state index in [9.17, 15) is 18.4 Å². The molecular formula is C18H21F2NO4. The molecule has 1 spiro atoms. The van der Waals surface area contributed by atoms with Gasteiger partial charge in [-0.3, -0.25) is 10.1 Å². The number of imide groups is 1. The summed E-state index contributed by atoms with van der Waals surface area (Å²) in [5.74, 6) is -2.33. The van der Waals surface area contributed by atoms with Gasteiger partial charge in [0, 0.05) is 35.4 Å². The lowest BCUT2D eigenvalue weighted by atomic mass is 9.78. The lowest BCUT2D eigenvalue weighted by molar-refractivity contribution is -0.121. The lowest BCUT2D eigenvalue weighted by Gasteiger charge is -2.34. The zero-order chi connectivity index (χ0) is 18.4. The van der Waals surface area contributed by atoms with Crippen LogP contribution in [0.2, 0.25) is 0 Å². The van der Waals surface area contributed by atoms with Crippen molar-refractivity contribution in [1.29, 1.82) is 0 Å². The maximum absolute atomic E-state index is 14.3. The van der Waals surface area contributed by atoms with Crippen molar-refractivity contribution in [1.82, 2.24) is 5.32 Å². The second-order valence-corrected chi connectivity index (χ2v) is 7.76. The van der Waals surface area contributed by atoms with Gasteiger partial charge in [0.05, 0.1) is 6.61 Å². The van der Waals surface area contributed by atoms with Gasteiger partial charge >= 0.3 is 6.09 Å². The van der Waals surface area contributed by atoms with Crippen molar-refractivity contribution in [2.45, 2.75) is 51.6 Å². The van der Waals surface area contributed by atoms with Gasteiger partial charge < -0.3 is 9.47 Å². The molecule has 2 aliphatic rings. The number of hydrogen-bond donors (Lipinski definition) is 1. The molecule has 0 saturated heterocycles. The lowest BCUT2D eigenvalue weighted by Crippen LogP contribution is -2.39. The third kappa shape index (κ3) is 3.75. The number of carbonyl (C=O) groups excluding carboxylic acids is 2. The summed E-state index contributed by atoms with van der Waals surface area (Å²) in [6, 6.07) is 1.93. The fraction of sp³-hybridized carbons (Fsp3) is 0.556. The van der Waals surface area contributed by atoms with Crippen LogP contribution in [0.25, 0.3) is 0 Å². The minimum absolute atomic E-state index is 0.0852. The van der Waals surface area contributed by atoms with E-state index in [4.69, 9.17) is 9.47 Å². The first-order valence-corrected chi connectivity index (χ1v) is 8.24. The molecule has 3 rings (SSSR count). The molecule has 1 aromatic carbocycles. The van der Waals surface area contributed by atoms with E-state index >= 15 is 0 Å². The van der Waals surface area contributed by atoms with E-state index in [-0.39, 0.29) is 23.1 Å². The minimum Gasteiger partial charge on any atom is -0.492 e. The molecule has 1 saturated carbocycles. The van der Waals surface area contributed by atoms with Crippen molar-refractivity contribution in [2.75, 3.05) is 6.61 Å². The highest BCUT2D eigenvalue weighted by atomic mass is 19.1. The first-order valence-electron chi connectivity index (χ1n) is 8.24. The van der Waals surface area contributed by atoms with E-state index in [1.165, 1.54) is 0 Å². The van der Waals surface area contributed by atoms with Crippen LogP contribution in [0.1, 0.15) is 51.5 Å². The van der Waals surface area contributed by atoms with Crippen molar-refractivity contribution in [3.63, 3.8) is 0 Å². The van der Waals surface area contributed by atoms with Gasteiger partial charge in [0.15, 0.2) is 0 Å². The minimum atomic E-state index is -0.839. The molecule has 1 fully saturated rings. The Morgan fingerprint density at radius 2 is 2.00 bits per heavy atom. The predicted octanol–water partition coefficient (Wildman–Crippen LogP) is 3.66.